The van der Waals surface area contributed by atoms with Gasteiger partial charge in [0, 0.05) is 6.20 Å². The Morgan fingerprint density at radius 3 is 2.42 bits per heavy atom. The van der Waals surface area contributed by atoms with E-state index in [-0.39, 0.29) is 0 Å². The van der Waals surface area contributed by atoms with Gasteiger partial charge in [0.2, 0.25) is 0 Å². The average Bonchev–Trinajstić information content (AvgIpc) is 2.03. The molecule has 1 heteroatoms. The third kappa shape index (κ3) is 5.90. The fourth-order valence-corrected chi connectivity index (χ4v) is 0.754. The van der Waals surface area contributed by atoms with Crippen LogP contribution in [-0.2, 0) is 0 Å². The van der Waals surface area contributed by atoms with Gasteiger partial charge in [-0.3, -0.25) is 4.99 Å². The van der Waals surface area contributed by atoms with E-state index in [0.29, 0.717) is 0 Å². The Bertz CT molecular complexity index is 166. The van der Waals surface area contributed by atoms with Crippen molar-refractivity contribution in [1.29, 1.82) is 0 Å². The largest absolute Gasteiger partial charge is 0.273 e. The lowest BCUT2D eigenvalue weighted by Gasteiger charge is -2.11. The molecular weight excluding hydrogens is 146 g/mol. The minimum Gasteiger partial charge on any atom is -0.273 e. The van der Waals surface area contributed by atoms with E-state index in [9.17, 15) is 0 Å². The SMILES string of the molecule is C=N/C=C\C=C/CC(C)C(C)C. The van der Waals surface area contributed by atoms with Gasteiger partial charge in [-0.15, -0.1) is 0 Å². The summed E-state index contributed by atoms with van der Waals surface area (Å²) < 4.78 is 0. The molecule has 0 amide bonds. The number of allylic oxidation sites excluding steroid dienone is 3. The molecule has 1 nitrogen and oxygen atoms in total. The normalized spacial score (nSPS) is 14.7. The summed E-state index contributed by atoms with van der Waals surface area (Å²) in [6.07, 6.45) is 8.93. The Morgan fingerprint density at radius 2 is 1.92 bits per heavy atom. The van der Waals surface area contributed by atoms with Crippen LogP contribution in [0.2, 0.25) is 0 Å². The zero-order valence-electron chi connectivity index (χ0n) is 8.33. The molecule has 0 radical (unpaired) electrons. The molecule has 0 saturated carbocycles. The standard InChI is InChI=1S/C11H19N/c1-10(2)11(3)8-6-5-7-9-12-4/h5-7,9-11H,4,8H2,1-3H3/b6-5-,9-7-. The molecule has 0 aromatic rings. The van der Waals surface area contributed by atoms with E-state index in [1.807, 2.05) is 12.2 Å². The molecule has 0 heterocycles. The quantitative estimate of drug-likeness (QED) is 0.437. The third-order valence-electron chi connectivity index (χ3n) is 2.08. The molecule has 0 bridgehead atoms. The maximum Gasteiger partial charge on any atom is 0.0260 e. The number of aliphatic imine (C=N–C) groups is 1. The van der Waals surface area contributed by atoms with Crippen molar-refractivity contribution in [3.05, 3.63) is 24.4 Å². The van der Waals surface area contributed by atoms with Crippen LogP contribution in [0.25, 0.3) is 0 Å². The molecular formula is C11H19N. The first-order valence-corrected chi connectivity index (χ1v) is 4.46. The van der Waals surface area contributed by atoms with Crippen molar-refractivity contribution in [3.63, 3.8) is 0 Å². The Labute approximate surface area is 75.9 Å². The molecule has 0 aliphatic rings. The first kappa shape index (κ1) is 11.2. The summed E-state index contributed by atoms with van der Waals surface area (Å²) in [6.45, 7) is 10.1. The highest BCUT2D eigenvalue weighted by atomic mass is 14.6. The van der Waals surface area contributed by atoms with Gasteiger partial charge in [-0.2, -0.15) is 0 Å². The van der Waals surface area contributed by atoms with Gasteiger partial charge in [0.15, 0.2) is 0 Å². The van der Waals surface area contributed by atoms with Crippen molar-refractivity contribution in [2.24, 2.45) is 16.8 Å². The van der Waals surface area contributed by atoms with Crippen LogP contribution in [0.15, 0.2) is 29.4 Å². The van der Waals surface area contributed by atoms with Crippen LogP contribution >= 0.6 is 0 Å². The summed E-state index contributed by atoms with van der Waals surface area (Å²) in [5.74, 6) is 1.52. The molecule has 0 saturated heterocycles. The lowest BCUT2D eigenvalue weighted by Crippen LogP contribution is -2.01. The van der Waals surface area contributed by atoms with Gasteiger partial charge in [-0.25, -0.2) is 0 Å². The third-order valence-corrected chi connectivity index (χ3v) is 2.08. The lowest BCUT2D eigenvalue weighted by molar-refractivity contribution is 0.424. The Hall–Kier alpha value is -0.850. The van der Waals surface area contributed by atoms with Crippen molar-refractivity contribution in [3.8, 4) is 0 Å². The molecule has 0 aliphatic carbocycles. The highest BCUT2D eigenvalue weighted by Crippen LogP contribution is 2.13. The molecule has 0 rings (SSSR count). The van der Waals surface area contributed by atoms with Crippen molar-refractivity contribution < 1.29 is 0 Å². The summed E-state index contributed by atoms with van der Waals surface area (Å²) in [6, 6.07) is 0. The van der Waals surface area contributed by atoms with Crippen LogP contribution < -0.4 is 0 Å². The molecule has 0 spiro atoms. The first-order chi connectivity index (χ1) is 5.68. The van der Waals surface area contributed by atoms with Gasteiger partial charge in [-0.1, -0.05) is 32.9 Å². The molecule has 0 fully saturated rings. The highest BCUT2D eigenvalue weighted by molar-refractivity contribution is 5.26. The molecule has 1 unspecified atom stereocenters. The smallest absolute Gasteiger partial charge is 0.0260 e. The molecule has 0 N–H and O–H groups in total. The number of rotatable bonds is 5. The minimum atomic E-state index is 0.756. The Kier molecular flexibility index (Phi) is 6.35. The molecule has 68 valence electrons. The van der Waals surface area contributed by atoms with Gasteiger partial charge in [0.1, 0.15) is 0 Å². The predicted octanol–water partition coefficient (Wildman–Crippen LogP) is 3.44. The van der Waals surface area contributed by atoms with Crippen LogP contribution in [0.5, 0.6) is 0 Å². The van der Waals surface area contributed by atoms with Crippen molar-refractivity contribution in [2.75, 3.05) is 0 Å². The van der Waals surface area contributed by atoms with Gasteiger partial charge < -0.3 is 0 Å². The number of nitrogens with zero attached hydrogens (tertiary/aromatic N) is 1. The van der Waals surface area contributed by atoms with E-state index >= 15 is 0 Å². The zero-order valence-corrected chi connectivity index (χ0v) is 8.33. The molecule has 12 heavy (non-hydrogen) atoms. The Balaban J connectivity index is 3.59. The number of hydrogen-bond acceptors (Lipinski definition) is 1. The average molecular weight is 165 g/mol. The molecule has 1 atom stereocenters. The van der Waals surface area contributed by atoms with Crippen molar-refractivity contribution >= 4 is 6.72 Å². The summed E-state index contributed by atoms with van der Waals surface area (Å²) in [5, 5.41) is 0. The van der Waals surface area contributed by atoms with E-state index in [0.717, 1.165) is 18.3 Å². The van der Waals surface area contributed by atoms with Gasteiger partial charge >= 0.3 is 0 Å². The molecule has 0 aliphatic heterocycles. The molecule has 0 aromatic heterocycles. The Morgan fingerprint density at radius 1 is 1.25 bits per heavy atom. The fraction of sp³-hybridized carbons (Fsp3) is 0.545. The summed E-state index contributed by atoms with van der Waals surface area (Å²) in [7, 11) is 0. The second-order valence-electron chi connectivity index (χ2n) is 3.41. The number of hydrogen-bond donors (Lipinski definition) is 0. The van der Waals surface area contributed by atoms with E-state index in [2.05, 4.69) is 38.6 Å². The van der Waals surface area contributed by atoms with Crippen LogP contribution in [0.3, 0.4) is 0 Å². The van der Waals surface area contributed by atoms with E-state index in [4.69, 9.17) is 0 Å². The van der Waals surface area contributed by atoms with Gasteiger partial charge in [-0.05, 0) is 31.1 Å². The summed E-state index contributed by atoms with van der Waals surface area (Å²) in [5.41, 5.74) is 0. The summed E-state index contributed by atoms with van der Waals surface area (Å²) in [4.78, 5) is 3.61. The topological polar surface area (TPSA) is 12.4 Å². The highest BCUT2D eigenvalue weighted by Gasteiger charge is 2.02. The second kappa shape index (κ2) is 6.84. The van der Waals surface area contributed by atoms with Crippen LogP contribution in [0.1, 0.15) is 27.2 Å². The first-order valence-electron chi connectivity index (χ1n) is 4.46. The second-order valence-corrected chi connectivity index (χ2v) is 3.41. The summed E-state index contributed by atoms with van der Waals surface area (Å²) >= 11 is 0. The lowest BCUT2D eigenvalue weighted by atomic mass is 9.95. The van der Waals surface area contributed by atoms with E-state index in [1.54, 1.807) is 6.20 Å². The maximum atomic E-state index is 3.61. The van der Waals surface area contributed by atoms with E-state index < -0.39 is 0 Å². The van der Waals surface area contributed by atoms with E-state index in [1.165, 1.54) is 0 Å². The fourth-order valence-electron chi connectivity index (χ4n) is 0.754. The van der Waals surface area contributed by atoms with Crippen molar-refractivity contribution in [1.82, 2.24) is 0 Å². The molecule has 0 aromatic carbocycles. The monoisotopic (exact) mass is 165 g/mol. The minimum absolute atomic E-state index is 0.756. The zero-order chi connectivity index (χ0) is 9.40. The maximum absolute atomic E-state index is 3.61. The van der Waals surface area contributed by atoms with Crippen LogP contribution in [0, 0.1) is 11.8 Å². The van der Waals surface area contributed by atoms with Crippen LogP contribution in [0.4, 0.5) is 0 Å². The van der Waals surface area contributed by atoms with Gasteiger partial charge in [0.05, 0.1) is 0 Å². The van der Waals surface area contributed by atoms with Crippen molar-refractivity contribution in [2.45, 2.75) is 27.2 Å². The predicted molar refractivity (Wildman–Crippen MR) is 56.4 cm³/mol. The van der Waals surface area contributed by atoms with Crippen LogP contribution in [-0.4, -0.2) is 6.72 Å². The van der Waals surface area contributed by atoms with Gasteiger partial charge in [0.25, 0.3) is 0 Å².